The number of nitrogens with one attached hydrogen (secondary N) is 2. The highest BCUT2D eigenvalue weighted by molar-refractivity contribution is 8.09. The van der Waals surface area contributed by atoms with Crippen LogP contribution >= 0.6 is 6.64 Å². The lowest BCUT2D eigenvalue weighted by atomic mass is 9.98. The lowest BCUT2D eigenvalue weighted by molar-refractivity contribution is -0.152. The van der Waals surface area contributed by atoms with E-state index in [1.165, 1.54) is 0 Å². The van der Waals surface area contributed by atoms with Gasteiger partial charge < -0.3 is 23.6 Å². The predicted octanol–water partition coefficient (Wildman–Crippen LogP) is 2.70. The molecule has 1 aromatic heterocycles. The minimum atomic E-state index is -3.48. The molecule has 4 rings (SSSR count). The molecule has 0 amide bonds. The van der Waals surface area contributed by atoms with E-state index in [1.807, 2.05) is 4.98 Å². The highest BCUT2D eigenvalue weighted by Crippen LogP contribution is 2.47. The second kappa shape index (κ2) is 12.4. The zero-order valence-electron chi connectivity index (χ0n) is 21.7. The Labute approximate surface area is 229 Å². The smallest absolute Gasteiger partial charge is 0.330 e. The standard InChI is InChI=1S/C25H33FN3O8PS/c1-16(22(32)35-17-9-5-3-6-10-17)28-38(39,37-18-11-7-4-8-12-18)34-15-19-21(31)25(2,26)23(36-19)29-14-13-20(30)27-24(29)33/h4,7-8,11-14,16-17,19,21,23,31H,3,5-6,9-10,15H2,1-2H3,(H,28,39)(H,27,30,33)/t16?,19?,21?,23-,25?,38?/m1/s1. The van der Waals surface area contributed by atoms with Gasteiger partial charge in [-0.1, -0.05) is 24.6 Å². The molecule has 2 fully saturated rings. The largest absolute Gasteiger partial charge is 0.461 e. The first-order valence-electron chi connectivity index (χ1n) is 12.8. The van der Waals surface area contributed by atoms with Gasteiger partial charge in [0.2, 0.25) is 0 Å². The minimum Gasteiger partial charge on any atom is -0.461 e. The van der Waals surface area contributed by atoms with Crippen molar-refractivity contribution in [2.75, 3.05) is 6.61 Å². The summed E-state index contributed by atoms with van der Waals surface area (Å²) < 4.78 is 39.6. The van der Waals surface area contributed by atoms with Crippen molar-refractivity contribution < 1.29 is 32.8 Å². The molecule has 2 aromatic rings. The third-order valence-corrected chi connectivity index (χ3v) is 9.24. The summed E-state index contributed by atoms with van der Waals surface area (Å²) in [6, 6.07) is 8.75. The predicted molar refractivity (Wildman–Crippen MR) is 144 cm³/mol. The number of aliphatic hydroxyl groups is 1. The summed E-state index contributed by atoms with van der Waals surface area (Å²) in [6.45, 7) is -1.23. The first-order chi connectivity index (χ1) is 18.5. The van der Waals surface area contributed by atoms with Crippen LogP contribution in [0.1, 0.15) is 52.2 Å². The van der Waals surface area contributed by atoms with Crippen molar-refractivity contribution in [1.29, 1.82) is 0 Å². The fourth-order valence-corrected chi connectivity index (χ4v) is 7.00. The van der Waals surface area contributed by atoms with Gasteiger partial charge in [-0.15, -0.1) is 0 Å². The number of aromatic amines is 1. The number of aliphatic hydroxyl groups excluding tert-OH is 1. The number of para-hydroxylation sites is 1. The molecule has 0 bridgehead atoms. The molecular formula is C25H33FN3O8PS. The van der Waals surface area contributed by atoms with Crippen LogP contribution in [0.15, 0.2) is 52.2 Å². The maximum Gasteiger partial charge on any atom is 0.330 e. The average molecular weight is 586 g/mol. The van der Waals surface area contributed by atoms with Crippen LogP contribution < -0.4 is 20.9 Å². The zero-order valence-corrected chi connectivity index (χ0v) is 23.4. The van der Waals surface area contributed by atoms with E-state index in [1.54, 1.807) is 37.3 Å². The number of nitrogens with zero attached hydrogens (tertiary/aromatic N) is 1. The summed E-state index contributed by atoms with van der Waals surface area (Å²) in [5.74, 6) is -0.121. The molecule has 214 valence electrons. The van der Waals surface area contributed by atoms with Crippen LogP contribution in [0.25, 0.3) is 0 Å². The second-order valence-electron chi connectivity index (χ2n) is 9.89. The van der Waals surface area contributed by atoms with E-state index in [2.05, 4.69) is 5.09 Å². The van der Waals surface area contributed by atoms with E-state index in [0.717, 1.165) is 55.9 Å². The van der Waals surface area contributed by atoms with E-state index < -0.39 is 60.6 Å². The Morgan fingerprint density at radius 1 is 1.28 bits per heavy atom. The first-order valence-corrected chi connectivity index (χ1v) is 15.4. The number of H-pyrrole nitrogens is 1. The monoisotopic (exact) mass is 585 g/mol. The van der Waals surface area contributed by atoms with Crippen LogP contribution in [0.2, 0.25) is 0 Å². The van der Waals surface area contributed by atoms with Gasteiger partial charge in [0, 0.05) is 12.3 Å². The van der Waals surface area contributed by atoms with Crippen molar-refractivity contribution in [3.8, 4) is 5.75 Å². The number of hydrogen-bond acceptors (Lipinski definition) is 9. The summed E-state index contributed by atoms with van der Waals surface area (Å²) in [4.78, 5) is 38.5. The van der Waals surface area contributed by atoms with E-state index in [4.69, 9.17) is 30.3 Å². The molecule has 0 radical (unpaired) electrons. The van der Waals surface area contributed by atoms with Crippen LogP contribution in [0, 0.1) is 0 Å². The van der Waals surface area contributed by atoms with Crippen molar-refractivity contribution in [3.63, 3.8) is 0 Å². The van der Waals surface area contributed by atoms with Gasteiger partial charge in [0.25, 0.3) is 5.56 Å². The molecule has 2 heterocycles. The molecule has 39 heavy (non-hydrogen) atoms. The topological polar surface area (TPSA) is 141 Å². The van der Waals surface area contributed by atoms with Crippen LogP contribution in [0.3, 0.4) is 0 Å². The molecule has 3 N–H and O–H groups in total. The number of halogens is 1. The number of benzene rings is 1. The van der Waals surface area contributed by atoms with Gasteiger partial charge in [-0.2, -0.15) is 0 Å². The van der Waals surface area contributed by atoms with E-state index in [9.17, 15) is 19.5 Å². The fourth-order valence-electron chi connectivity index (χ4n) is 4.58. The van der Waals surface area contributed by atoms with Gasteiger partial charge in [-0.3, -0.25) is 19.1 Å². The molecule has 1 aromatic carbocycles. The molecule has 1 saturated carbocycles. The Bertz CT molecular complexity index is 1300. The van der Waals surface area contributed by atoms with Gasteiger partial charge in [0.15, 0.2) is 11.9 Å². The van der Waals surface area contributed by atoms with Crippen molar-refractivity contribution >= 4 is 24.4 Å². The molecule has 14 heteroatoms. The van der Waals surface area contributed by atoms with E-state index in [0.29, 0.717) is 5.75 Å². The molecule has 11 nitrogen and oxygen atoms in total. The Morgan fingerprint density at radius 2 is 1.97 bits per heavy atom. The number of carbonyl (C=O) groups is 1. The van der Waals surface area contributed by atoms with Crippen LogP contribution in [0.5, 0.6) is 5.75 Å². The van der Waals surface area contributed by atoms with E-state index >= 15 is 4.39 Å². The van der Waals surface area contributed by atoms with Crippen molar-refractivity contribution in [3.05, 3.63) is 63.4 Å². The van der Waals surface area contributed by atoms with Gasteiger partial charge in [0.1, 0.15) is 30.1 Å². The summed E-state index contributed by atoms with van der Waals surface area (Å²) >= 11 is 5.69. The number of aromatic nitrogens is 2. The number of ether oxygens (including phenoxy) is 2. The molecule has 1 aliphatic heterocycles. The summed E-state index contributed by atoms with van der Waals surface area (Å²) in [5.41, 5.74) is -3.96. The SMILES string of the molecule is CC(NP(=S)(OCC1O[C@@H](n2ccc(=O)[nH]c2=O)C(C)(F)C1O)Oc1ccccc1)C(=O)OC1CCCCC1. The zero-order chi connectivity index (χ0) is 28.2. The third kappa shape index (κ3) is 7.22. The number of carbonyl (C=O) groups excluding carboxylic acids is 1. The quantitative estimate of drug-likeness (QED) is 0.282. The number of alkyl halides is 1. The van der Waals surface area contributed by atoms with Gasteiger partial charge >= 0.3 is 18.3 Å². The maximum absolute atomic E-state index is 15.6. The summed E-state index contributed by atoms with van der Waals surface area (Å²) in [6.07, 6.45) is 1.16. The maximum atomic E-state index is 15.6. The average Bonchev–Trinajstić information content (AvgIpc) is 3.12. The van der Waals surface area contributed by atoms with Gasteiger partial charge in [-0.05, 0) is 63.5 Å². The Kier molecular flexibility index (Phi) is 9.41. The molecule has 2 aliphatic rings. The van der Waals surface area contributed by atoms with Gasteiger partial charge in [-0.25, -0.2) is 14.3 Å². The molecule has 6 atom stereocenters. The van der Waals surface area contributed by atoms with E-state index in [-0.39, 0.29) is 6.10 Å². The molecule has 5 unspecified atom stereocenters. The van der Waals surface area contributed by atoms with Crippen molar-refractivity contribution in [2.45, 2.75) is 82.2 Å². The lowest BCUT2D eigenvalue weighted by Crippen LogP contribution is -2.43. The molecular weight excluding hydrogens is 552 g/mol. The summed E-state index contributed by atoms with van der Waals surface area (Å²) in [7, 11) is 0. The Morgan fingerprint density at radius 3 is 2.64 bits per heavy atom. The van der Waals surface area contributed by atoms with Gasteiger partial charge in [0.05, 0.1) is 6.61 Å². The number of esters is 1. The molecule has 0 spiro atoms. The van der Waals surface area contributed by atoms with Crippen LogP contribution in [-0.4, -0.2) is 57.3 Å². The van der Waals surface area contributed by atoms with Crippen LogP contribution in [-0.2, 0) is 30.6 Å². The Balaban J connectivity index is 1.48. The third-order valence-electron chi connectivity index (χ3n) is 6.74. The second-order valence-corrected chi connectivity index (χ2v) is 13.0. The van der Waals surface area contributed by atoms with Crippen molar-refractivity contribution in [2.24, 2.45) is 0 Å². The first kappa shape index (κ1) is 29.6. The molecule has 1 aliphatic carbocycles. The highest BCUT2D eigenvalue weighted by atomic mass is 32.5. The van der Waals surface area contributed by atoms with Crippen LogP contribution in [0.4, 0.5) is 4.39 Å². The lowest BCUT2D eigenvalue weighted by Gasteiger charge is -2.29. The Hall–Kier alpha value is -2.41. The number of hydrogen-bond donors (Lipinski definition) is 3. The molecule has 1 saturated heterocycles. The number of rotatable bonds is 10. The normalized spacial score (nSPS) is 27.9. The van der Waals surface area contributed by atoms with Crippen molar-refractivity contribution in [1.82, 2.24) is 14.6 Å². The minimum absolute atomic E-state index is 0.151. The highest BCUT2D eigenvalue weighted by Gasteiger charge is 2.55. The fraction of sp³-hybridized carbons (Fsp3) is 0.560. The summed E-state index contributed by atoms with van der Waals surface area (Å²) in [5, 5.41) is 13.6.